The van der Waals surface area contributed by atoms with Crippen molar-refractivity contribution >= 4 is 26.7 Å². The third-order valence-electron chi connectivity index (χ3n) is 2.59. The largest absolute Gasteiger partial charge is 0.310 e. The summed E-state index contributed by atoms with van der Waals surface area (Å²) in [6, 6.07) is 13.4. The number of rotatable bonds is 3. The van der Waals surface area contributed by atoms with Gasteiger partial charge in [-0.2, -0.15) is 0 Å². The zero-order valence-electron chi connectivity index (χ0n) is 9.63. The van der Waals surface area contributed by atoms with Crippen molar-refractivity contribution in [3.05, 3.63) is 46.4 Å². The quantitative estimate of drug-likeness (QED) is 0.891. The van der Waals surface area contributed by atoms with E-state index in [1.54, 1.807) is 0 Å². The fourth-order valence-corrected chi connectivity index (χ4v) is 2.40. The molecule has 2 heteroatoms. The van der Waals surface area contributed by atoms with Crippen LogP contribution < -0.4 is 5.32 Å². The number of benzene rings is 2. The number of hydrogen-bond donors (Lipinski definition) is 1. The van der Waals surface area contributed by atoms with Crippen LogP contribution in [0.25, 0.3) is 10.8 Å². The summed E-state index contributed by atoms with van der Waals surface area (Å²) >= 11 is 3.63. The van der Waals surface area contributed by atoms with Gasteiger partial charge in [-0.25, -0.2) is 0 Å². The lowest BCUT2D eigenvalue weighted by Crippen LogP contribution is -2.21. The van der Waals surface area contributed by atoms with E-state index in [0.29, 0.717) is 6.04 Å². The molecule has 0 saturated heterocycles. The van der Waals surface area contributed by atoms with Crippen LogP contribution in [0, 0.1) is 0 Å². The van der Waals surface area contributed by atoms with E-state index in [1.807, 2.05) is 0 Å². The minimum absolute atomic E-state index is 0.519. The molecule has 1 nitrogen and oxygen atoms in total. The third-order valence-corrected chi connectivity index (χ3v) is 3.24. The summed E-state index contributed by atoms with van der Waals surface area (Å²) < 4.78 is 1.17. The van der Waals surface area contributed by atoms with Crippen LogP contribution in [0.15, 0.2) is 40.9 Å². The molecule has 84 valence electrons. The highest BCUT2D eigenvalue weighted by atomic mass is 79.9. The first-order chi connectivity index (χ1) is 7.66. The minimum atomic E-state index is 0.519. The molecule has 0 atom stereocenters. The Balaban J connectivity index is 2.34. The van der Waals surface area contributed by atoms with Crippen LogP contribution in [-0.2, 0) is 6.54 Å². The fourth-order valence-electron chi connectivity index (χ4n) is 1.75. The number of nitrogens with one attached hydrogen (secondary N) is 1. The van der Waals surface area contributed by atoms with Gasteiger partial charge >= 0.3 is 0 Å². The van der Waals surface area contributed by atoms with E-state index in [-0.39, 0.29) is 0 Å². The minimum Gasteiger partial charge on any atom is -0.310 e. The van der Waals surface area contributed by atoms with Crippen LogP contribution in [0.2, 0.25) is 0 Å². The van der Waals surface area contributed by atoms with Gasteiger partial charge in [0.15, 0.2) is 0 Å². The summed E-state index contributed by atoms with van der Waals surface area (Å²) in [5, 5.41) is 6.00. The Morgan fingerprint density at radius 3 is 2.69 bits per heavy atom. The second kappa shape index (κ2) is 4.98. The van der Waals surface area contributed by atoms with Crippen molar-refractivity contribution in [2.45, 2.75) is 26.4 Å². The number of halogens is 1. The second-order valence-electron chi connectivity index (χ2n) is 4.33. The molecule has 0 aliphatic carbocycles. The van der Waals surface area contributed by atoms with Crippen molar-refractivity contribution in [1.29, 1.82) is 0 Å². The molecule has 0 unspecified atom stereocenters. The van der Waals surface area contributed by atoms with E-state index < -0.39 is 0 Å². The van der Waals surface area contributed by atoms with E-state index in [1.165, 1.54) is 20.8 Å². The van der Waals surface area contributed by atoms with Crippen LogP contribution in [0.1, 0.15) is 19.4 Å². The predicted molar refractivity (Wildman–Crippen MR) is 73.6 cm³/mol. The zero-order valence-corrected chi connectivity index (χ0v) is 11.2. The van der Waals surface area contributed by atoms with Gasteiger partial charge in [0.2, 0.25) is 0 Å². The van der Waals surface area contributed by atoms with Crippen molar-refractivity contribution in [1.82, 2.24) is 5.32 Å². The van der Waals surface area contributed by atoms with Gasteiger partial charge < -0.3 is 5.32 Å². The van der Waals surface area contributed by atoms with Gasteiger partial charge in [-0.3, -0.25) is 0 Å². The molecule has 0 aliphatic rings. The summed E-state index contributed by atoms with van der Waals surface area (Å²) in [7, 11) is 0. The molecular weight excluding hydrogens is 262 g/mol. The van der Waals surface area contributed by atoms with Crippen molar-refractivity contribution in [3.8, 4) is 0 Å². The van der Waals surface area contributed by atoms with Crippen LogP contribution >= 0.6 is 15.9 Å². The lowest BCUT2D eigenvalue weighted by atomic mass is 10.1. The lowest BCUT2D eigenvalue weighted by molar-refractivity contribution is 0.589. The molecule has 0 aliphatic heterocycles. The Hall–Kier alpha value is -0.860. The Morgan fingerprint density at radius 1 is 1.19 bits per heavy atom. The topological polar surface area (TPSA) is 12.0 Å². The third kappa shape index (κ3) is 2.63. The smallest absolute Gasteiger partial charge is 0.0256 e. The highest BCUT2D eigenvalue weighted by Gasteiger charge is 2.02. The van der Waals surface area contributed by atoms with Crippen molar-refractivity contribution in [2.24, 2.45) is 0 Å². The summed E-state index contributed by atoms with van der Waals surface area (Å²) in [4.78, 5) is 0. The van der Waals surface area contributed by atoms with Gasteiger partial charge in [0.25, 0.3) is 0 Å². The SMILES string of the molecule is CC(C)NCc1cc(Br)c2ccccc2c1. The number of fused-ring (bicyclic) bond motifs is 1. The first kappa shape index (κ1) is 11.6. The molecule has 2 rings (SSSR count). The summed E-state index contributed by atoms with van der Waals surface area (Å²) in [6.07, 6.45) is 0. The molecule has 0 spiro atoms. The van der Waals surface area contributed by atoms with Crippen molar-refractivity contribution in [2.75, 3.05) is 0 Å². The highest BCUT2D eigenvalue weighted by molar-refractivity contribution is 9.10. The molecule has 2 aromatic rings. The molecule has 1 N–H and O–H groups in total. The maximum absolute atomic E-state index is 3.63. The molecule has 0 saturated carbocycles. The molecule has 0 fully saturated rings. The van der Waals surface area contributed by atoms with Crippen LogP contribution in [0.4, 0.5) is 0 Å². The molecule has 0 bridgehead atoms. The van der Waals surface area contributed by atoms with Gasteiger partial charge in [0, 0.05) is 17.1 Å². The summed E-state index contributed by atoms with van der Waals surface area (Å²) in [6.45, 7) is 5.24. The second-order valence-corrected chi connectivity index (χ2v) is 5.19. The molecule has 2 aromatic carbocycles. The van der Waals surface area contributed by atoms with E-state index in [2.05, 4.69) is 71.5 Å². The first-order valence-corrected chi connectivity index (χ1v) is 6.36. The zero-order chi connectivity index (χ0) is 11.5. The standard InChI is InChI=1S/C14H16BrN/c1-10(2)16-9-11-7-12-5-3-4-6-13(12)14(15)8-11/h3-8,10,16H,9H2,1-2H3. The summed E-state index contributed by atoms with van der Waals surface area (Å²) in [5.74, 6) is 0. The maximum atomic E-state index is 3.63. The van der Waals surface area contributed by atoms with Crippen LogP contribution in [0.3, 0.4) is 0 Å². The van der Waals surface area contributed by atoms with Gasteiger partial charge in [-0.15, -0.1) is 0 Å². The van der Waals surface area contributed by atoms with Crippen LogP contribution in [-0.4, -0.2) is 6.04 Å². The van der Waals surface area contributed by atoms with Crippen molar-refractivity contribution < 1.29 is 0 Å². The van der Waals surface area contributed by atoms with E-state index in [9.17, 15) is 0 Å². The molecule has 0 radical (unpaired) electrons. The Labute approximate surface area is 105 Å². The predicted octanol–water partition coefficient (Wildman–Crippen LogP) is 4.10. The fraction of sp³-hybridized carbons (Fsp3) is 0.286. The van der Waals surface area contributed by atoms with E-state index >= 15 is 0 Å². The van der Waals surface area contributed by atoms with Gasteiger partial charge in [-0.05, 0) is 28.5 Å². The monoisotopic (exact) mass is 277 g/mol. The van der Waals surface area contributed by atoms with Crippen LogP contribution in [0.5, 0.6) is 0 Å². The number of hydrogen-bond acceptors (Lipinski definition) is 1. The van der Waals surface area contributed by atoms with Gasteiger partial charge in [0.05, 0.1) is 0 Å². The average Bonchev–Trinajstić information content (AvgIpc) is 2.26. The Morgan fingerprint density at radius 2 is 1.94 bits per heavy atom. The molecule has 0 aromatic heterocycles. The Bertz CT molecular complexity index is 491. The highest BCUT2D eigenvalue weighted by Crippen LogP contribution is 2.25. The van der Waals surface area contributed by atoms with Gasteiger partial charge in [-0.1, -0.05) is 54.0 Å². The molecule has 16 heavy (non-hydrogen) atoms. The maximum Gasteiger partial charge on any atom is 0.0256 e. The Kier molecular flexibility index (Phi) is 3.62. The molecule has 0 amide bonds. The molecular formula is C14H16BrN. The summed E-state index contributed by atoms with van der Waals surface area (Å²) in [5.41, 5.74) is 1.32. The average molecular weight is 278 g/mol. The normalized spacial score (nSPS) is 11.2. The first-order valence-electron chi connectivity index (χ1n) is 5.57. The molecule has 0 heterocycles. The van der Waals surface area contributed by atoms with Crippen molar-refractivity contribution in [3.63, 3.8) is 0 Å². The van der Waals surface area contributed by atoms with E-state index in [0.717, 1.165) is 6.54 Å². The lowest BCUT2D eigenvalue weighted by Gasteiger charge is -2.10. The van der Waals surface area contributed by atoms with E-state index in [4.69, 9.17) is 0 Å². The van der Waals surface area contributed by atoms with Gasteiger partial charge in [0.1, 0.15) is 0 Å².